The molecule has 1 aliphatic rings. The molecule has 0 aromatic heterocycles. The van der Waals surface area contributed by atoms with E-state index in [1.165, 1.54) is 0 Å². The lowest BCUT2D eigenvalue weighted by atomic mass is 10.1. The zero-order chi connectivity index (χ0) is 15.5. The molecule has 0 saturated heterocycles. The van der Waals surface area contributed by atoms with Crippen LogP contribution in [0.4, 0.5) is 18.9 Å². The molecule has 21 heavy (non-hydrogen) atoms. The Morgan fingerprint density at radius 2 is 1.86 bits per heavy atom. The molecule has 0 fully saturated rings. The van der Waals surface area contributed by atoms with Crippen LogP contribution in [-0.2, 0) is 0 Å². The first-order valence-electron chi connectivity index (χ1n) is 6.77. The number of hydrogen-bond donors (Lipinski definition) is 1. The molecule has 0 bridgehead atoms. The fourth-order valence-corrected chi connectivity index (χ4v) is 2.56. The summed E-state index contributed by atoms with van der Waals surface area (Å²) in [5, 5.41) is 3.20. The van der Waals surface area contributed by atoms with Crippen molar-refractivity contribution in [2.75, 3.05) is 18.5 Å². The van der Waals surface area contributed by atoms with E-state index in [2.05, 4.69) is 21.2 Å². The van der Waals surface area contributed by atoms with Crippen molar-refractivity contribution in [1.29, 1.82) is 0 Å². The van der Waals surface area contributed by atoms with Crippen LogP contribution in [0.3, 0.4) is 0 Å². The van der Waals surface area contributed by atoms with Crippen LogP contribution in [0, 0.1) is 0 Å². The zero-order valence-electron chi connectivity index (χ0n) is 11.6. The Hall–Kier alpha value is -1.11. The molecule has 1 N–H and O–H groups in total. The van der Waals surface area contributed by atoms with Crippen molar-refractivity contribution < 1.29 is 22.6 Å². The van der Waals surface area contributed by atoms with E-state index in [0.717, 1.165) is 10.2 Å². The van der Waals surface area contributed by atoms with E-state index < -0.39 is 12.6 Å². The van der Waals surface area contributed by atoms with E-state index in [-0.39, 0.29) is 12.5 Å². The van der Waals surface area contributed by atoms with Gasteiger partial charge in [0.1, 0.15) is 13.2 Å². The predicted molar refractivity (Wildman–Crippen MR) is 78.1 cm³/mol. The molecule has 7 heteroatoms. The minimum absolute atomic E-state index is 0.0637. The van der Waals surface area contributed by atoms with Crippen LogP contribution in [0.1, 0.15) is 26.2 Å². The summed E-state index contributed by atoms with van der Waals surface area (Å²) in [5.74, 6) is 1.32. The van der Waals surface area contributed by atoms with E-state index in [1.54, 1.807) is 12.1 Å². The molecule has 1 heterocycles. The average Bonchev–Trinajstić information content (AvgIpc) is 2.38. The maximum atomic E-state index is 12.1. The Balaban J connectivity index is 1.93. The first-order valence-corrected chi connectivity index (χ1v) is 7.57. The van der Waals surface area contributed by atoms with Gasteiger partial charge in [0, 0.05) is 29.1 Å². The van der Waals surface area contributed by atoms with Gasteiger partial charge in [-0.15, -0.1) is 0 Å². The summed E-state index contributed by atoms with van der Waals surface area (Å²) in [4.78, 5) is 0. The van der Waals surface area contributed by atoms with E-state index in [4.69, 9.17) is 9.47 Å². The summed E-state index contributed by atoms with van der Waals surface area (Å²) in [6.45, 7) is 2.87. The van der Waals surface area contributed by atoms with Crippen molar-refractivity contribution in [1.82, 2.24) is 0 Å². The van der Waals surface area contributed by atoms with Crippen molar-refractivity contribution in [2.45, 2.75) is 38.4 Å². The molecule has 1 aromatic rings. The van der Waals surface area contributed by atoms with Gasteiger partial charge < -0.3 is 14.8 Å². The van der Waals surface area contributed by atoms with E-state index in [1.807, 2.05) is 6.92 Å². The molecule has 1 aliphatic heterocycles. The fraction of sp³-hybridized carbons (Fsp3) is 0.571. The van der Waals surface area contributed by atoms with E-state index >= 15 is 0 Å². The average molecular weight is 368 g/mol. The van der Waals surface area contributed by atoms with Gasteiger partial charge in [-0.1, -0.05) is 0 Å². The first kappa shape index (κ1) is 16.3. The Bertz CT molecular complexity index is 494. The third-order valence-corrected chi connectivity index (χ3v) is 3.79. The number of hydrogen-bond acceptors (Lipinski definition) is 3. The van der Waals surface area contributed by atoms with Crippen LogP contribution in [0.5, 0.6) is 11.5 Å². The molecule has 1 atom stereocenters. The second-order valence-electron chi connectivity index (χ2n) is 5.03. The second-order valence-corrected chi connectivity index (χ2v) is 5.88. The summed E-state index contributed by atoms with van der Waals surface area (Å²) < 4.78 is 48.1. The van der Waals surface area contributed by atoms with Crippen molar-refractivity contribution in [3.8, 4) is 11.5 Å². The van der Waals surface area contributed by atoms with Gasteiger partial charge in [-0.3, -0.25) is 0 Å². The third-order valence-electron chi connectivity index (χ3n) is 3.13. The van der Waals surface area contributed by atoms with Gasteiger partial charge >= 0.3 is 6.18 Å². The number of alkyl halides is 3. The summed E-state index contributed by atoms with van der Waals surface area (Å²) in [7, 11) is 0. The quantitative estimate of drug-likeness (QED) is 0.814. The molecule has 0 amide bonds. The van der Waals surface area contributed by atoms with Crippen LogP contribution >= 0.6 is 15.9 Å². The monoisotopic (exact) mass is 367 g/mol. The van der Waals surface area contributed by atoms with Crippen LogP contribution in [-0.4, -0.2) is 25.4 Å². The summed E-state index contributed by atoms with van der Waals surface area (Å²) in [6, 6.07) is 3.55. The van der Waals surface area contributed by atoms with Crippen LogP contribution < -0.4 is 14.8 Å². The summed E-state index contributed by atoms with van der Waals surface area (Å²) in [6.07, 6.45) is -4.28. The Kier molecular flexibility index (Phi) is 5.24. The van der Waals surface area contributed by atoms with Gasteiger partial charge in [-0.2, -0.15) is 13.2 Å². The first-order chi connectivity index (χ1) is 9.85. The van der Waals surface area contributed by atoms with Crippen molar-refractivity contribution >= 4 is 21.6 Å². The molecule has 0 aliphatic carbocycles. The highest BCUT2D eigenvalue weighted by Crippen LogP contribution is 2.38. The van der Waals surface area contributed by atoms with Gasteiger partial charge in [0.25, 0.3) is 0 Å². The summed E-state index contributed by atoms with van der Waals surface area (Å²) in [5.41, 5.74) is 0.791. The number of halogens is 4. The van der Waals surface area contributed by atoms with E-state index in [0.29, 0.717) is 31.1 Å². The normalized spacial score (nSPS) is 15.7. The molecular formula is C14H17BrF3NO2. The number of fused-ring (bicyclic) bond motifs is 1. The fourth-order valence-electron chi connectivity index (χ4n) is 2.12. The number of anilines is 1. The molecule has 3 nitrogen and oxygen atoms in total. The molecule has 0 radical (unpaired) electrons. The van der Waals surface area contributed by atoms with Crippen molar-refractivity contribution in [3.05, 3.63) is 16.6 Å². The van der Waals surface area contributed by atoms with Gasteiger partial charge in [0.2, 0.25) is 0 Å². The van der Waals surface area contributed by atoms with E-state index in [9.17, 15) is 13.2 Å². The van der Waals surface area contributed by atoms with Gasteiger partial charge in [-0.25, -0.2) is 0 Å². The minimum atomic E-state index is -4.09. The highest BCUT2D eigenvalue weighted by molar-refractivity contribution is 9.10. The Morgan fingerprint density at radius 1 is 1.24 bits per heavy atom. The highest BCUT2D eigenvalue weighted by Gasteiger charge is 2.26. The highest BCUT2D eigenvalue weighted by atomic mass is 79.9. The number of benzene rings is 1. The van der Waals surface area contributed by atoms with Gasteiger partial charge in [0.15, 0.2) is 11.5 Å². The van der Waals surface area contributed by atoms with Crippen LogP contribution in [0.2, 0.25) is 0 Å². The Labute approximate surface area is 129 Å². The number of nitrogens with one attached hydrogen (secondary N) is 1. The topological polar surface area (TPSA) is 30.5 Å². The van der Waals surface area contributed by atoms with Crippen molar-refractivity contribution in [3.63, 3.8) is 0 Å². The summed E-state index contributed by atoms with van der Waals surface area (Å²) >= 11 is 3.43. The minimum Gasteiger partial charge on any atom is -0.486 e. The number of ether oxygens (including phenoxy) is 2. The second kappa shape index (κ2) is 6.77. The third kappa shape index (κ3) is 4.98. The smallest absolute Gasteiger partial charge is 0.389 e. The van der Waals surface area contributed by atoms with Crippen molar-refractivity contribution in [2.24, 2.45) is 0 Å². The molecular weight excluding hydrogens is 351 g/mol. The Morgan fingerprint density at radius 3 is 2.48 bits per heavy atom. The SMILES string of the molecule is CC(CCCC(F)(F)F)Nc1cc2c(cc1Br)OCCO2. The van der Waals surface area contributed by atoms with Crippen LogP contribution in [0.15, 0.2) is 16.6 Å². The maximum Gasteiger partial charge on any atom is 0.389 e. The standard InChI is InChI=1S/C14H17BrF3NO2/c1-9(3-2-4-14(16,17)18)19-11-8-13-12(7-10(11)15)20-5-6-21-13/h7-9,19H,2-6H2,1H3. The predicted octanol–water partition coefficient (Wildman–Crippen LogP) is 4.75. The lowest BCUT2D eigenvalue weighted by Crippen LogP contribution is -2.18. The zero-order valence-corrected chi connectivity index (χ0v) is 13.2. The lowest BCUT2D eigenvalue weighted by Gasteiger charge is -2.22. The molecule has 1 aromatic carbocycles. The van der Waals surface area contributed by atoms with Gasteiger partial charge in [0.05, 0.1) is 5.69 Å². The molecule has 118 valence electrons. The molecule has 2 rings (SSSR count). The van der Waals surface area contributed by atoms with Crippen LogP contribution in [0.25, 0.3) is 0 Å². The molecule has 1 unspecified atom stereocenters. The molecule has 0 saturated carbocycles. The lowest BCUT2D eigenvalue weighted by molar-refractivity contribution is -0.135. The maximum absolute atomic E-state index is 12.1. The largest absolute Gasteiger partial charge is 0.486 e. The number of rotatable bonds is 5. The van der Waals surface area contributed by atoms with Gasteiger partial charge in [-0.05, 0) is 35.7 Å². The molecule has 0 spiro atoms.